The molecule has 0 amide bonds. The Morgan fingerprint density at radius 3 is 1.95 bits per heavy atom. The van der Waals surface area contributed by atoms with Gasteiger partial charge in [0.05, 0.1) is 10.5 Å². The number of hydrogen-bond acceptors (Lipinski definition) is 2. The molecule has 0 spiro atoms. The average Bonchev–Trinajstić information content (AvgIpc) is 2.22. The highest BCUT2D eigenvalue weighted by Crippen LogP contribution is 2.37. The Labute approximate surface area is 130 Å². The van der Waals surface area contributed by atoms with Crippen molar-refractivity contribution in [2.45, 2.75) is 64.1 Å². The van der Waals surface area contributed by atoms with Gasteiger partial charge >= 0.3 is 6.18 Å². The maximum atomic E-state index is 13.3. The van der Waals surface area contributed by atoms with Gasteiger partial charge in [-0.25, -0.2) is 13.1 Å². The lowest BCUT2D eigenvalue weighted by Gasteiger charge is -2.23. The Morgan fingerprint density at radius 2 is 1.59 bits per heavy atom. The van der Waals surface area contributed by atoms with E-state index in [0.29, 0.717) is 11.1 Å². The van der Waals surface area contributed by atoms with Crippen LogP contribution >= 0.6 is 0 Å². The van der Waals surface area contributed by atoms with Gasteiger partial charge in [-0.15, -0.1) is 0 Å². The molecule has 0 fully saturated rings. The van der Waals surface area contributed by atoms with Crippen LogP contribution < -0.4 is 4.72 Å². The van der Waals surface area contributed by atoms with E-state index in [-0.39, 0.29) is 5.92 Å². The SMILES string of the molecule is Cc1cc(S(=O)(=O)NC(C)(C)C)c(C(F)(F)F)cc1C(C)C. The summed E-state index contributed by atoms with van der Waals surface area (Å²) in [6.45, 7) is 9.88. The molecule has 0 radical (unpaired) electrons. The van der Waals surface area contributed by atoms with Gasteiger partial charge in [-0.05, 0) is 56.9 Å². The lowest BCUT2D eigenvalue weighted by molar-refractivity contribution is -0.140. The highest BCUT2D eigenvalue weighted by Gasteiger charge is 2.39. The molecule has 0 saturated heterocycles. The number of aryl methyl sites for hydroxylation is 1. The fraction of sp³-hybridized carbons (Fsp3) is 0.600. The van der Waals surface area contributed by atoms with E-state index in [1.54, 1.807) is 41.5 Å². The second-order valence-corrected chi connectivity index (χ2v) is 8.36. The number of hydrogen-bond donors (Lipinski definition) is 1. The Kier molecular flexibility index (Phi) is 5.04. The first-order chi connectivity index (χ1) is 9.65. The first-order valence-corrected chi connectivity index (χ1v) is 8.39. The van der Waals surface area contributed by atoms with Gasteiger partial charge in [-0.1, -0.05) is 13.8 Å². The minimum absolute atomic E-state index is 0.131. The molecular formula is C15H22F3NO2S. The van der Waals surface area contributed by atoms with Gasteiger partial charge in [0.15, 0.2) is 0 Å². The van der Waals surface area contributed by atoms with Crippen LogP contribution in [0.25, 0.3) is 0 Å². The lowest BCUT2D eigenvalue weighted by atomic mass is 9.95. The van der Waals surface area contributed by atoms with Crippen molar-refractivity contribution < 1.29 is 21.6 Å². The molecule has 22 heavy (non-hydrogen) atoms. The standard InChI is InChI=1S/C15H22F3NO2S/c1-9(2)11-8-12(15(16,17)18)13(7-10(11)3)22(20,21)19-14(4,5)6/h7-9,19H,1-6H3. The quantitative estimate of drug-likeness (QED) is 0.898. The minimum atomic E-state index is -4.74. The molecule has 1 aromatic rings. The van der Waals surface area contributed by atoms with Crippen molar-refractivity contribution in [3.63, 3.8) is 0 Å². The van der Waals surface area contributed by atoms with Crippen molar-refractivity contribution in [3.05, 3.63) is 28.8 Å². The first kappa shape index (κ1) is 19.0. The molecule has 1 aromatic carbocycles. The zero-order valence-electron chi connectivity index (χ0n) is 13.6. The van der Waals surface area contributed by atoms with Crippen LogP contribution in [0.2, 0.25) is 0 Å². The highest BCUT2D eigenvalue weighted by molar-refractivity contribution is 7.89. The van der Waals surface area contributed by atoms with Gasteiger partial charge in [0.25, 0.3) is 0 Å². The maximum absolute atomic E-state index is 13.3. The monoisotopic (exact) mass is 337 g/mol. The van der Waals surface area contributed by atoms with Crippen molar-refractivity contribution in [2.75, 3.05) is 0 Å². The van der Waals surface area contributed by atoms with E-state index in [1.165, 1.54) is 0 Å². The molecule has 0 aliphatic heterocycles. The predicted molar refractivity (Wildman–Crippen MR) is 80.3 cm³/mol. The van der Waals surface area contributed by atoms with Gasteiger partial charge in [0.1, 0.15) is 0 Å². The third kappa shape index (κ3) is 4.46. The van der Waals surface area contributed by atoms with Crippen molar-refractivity contribution in [1.82, 2.24) is 4.72 Å². The number of halogens is 3. The molecular weight excluding hydrogens is 315 g/mol. The summed E-state index contributed by atoms with van der Waals surface area (Å²) in [4.78, 5) is -0.725. The Morgan fingerprint density at radius 1 is 1.09 bits per heavy atom. The van der Waals surface area contributed by atoms with E-state index >= 15 is 0 Å². The summed E-state index contributed by atoms with van der Waals surface area (Å²) in [7, 11) is -4.27. The Bertz CT molecular complexity index is 657. The molecule has 0 unspecified atom stereocenters. The molecule has 0 saturated carbocycles. The molecule has 0 atom stereocenters. The topological polar surface area (TPSA) is 46.2 Å². The predicted octanol–water partition coefficient (Wildman–Crippen LogP) is 4.21. The van der Waals surface area contributed by atoms with Crippen LogP contribution in [0.1, 0.15) is 57.2 Å². The molecule has 0 heterocycles. The van der Waals surface area contributed by atoms with Crippen LogP contribution in [0, 0.1) is 6.92 Å². The summed E-state index contributed by atoms with van der Waals surface area (Å²) in [5.74, 6) is -0.131. The van der Waals surface area contributed by atoms with Crippen LogP contribution in [0.15, 0.2) is 17.0 Å². The molecule has 3 nitrogen and oxygen atoms in total. The summed E-state index contributed by atoms with van der Waals surface area (Å²) >= 11 is 0. The minimum Gasteiger partial charge on any atom is -0.207 e. The summed E-state index contributed by atoms with van der Waals surface area (Å²) in [6, 6.07) is 2.05. The second-order valence-electron chi connectivity index (χ2n) is 6.71. The van der Waals surface area contributed by atoms with Crippen LogP contribution in [-0.4, -0.2) is 14.0 Å². The van der Waals surface area contributed by atoms with E-state index in [9.17, 15) is 21.6 Å². The normalized spacial score (nSPS) is 13.7. The van der Waals surface area contributed by atoms with Gasteiger partial charge in [-0.3, -0.25) is 0 Å². The Hall–Kier alpha value is -1.08. The third-order valence-corrected chi connectivity index (χ3v) is 4.82. The van der Waals surface area contributed by atoms with Gasteiger partial charge in [0, 0.05) is 5.54 Å². The summed E-state index contributed by atoms with van der Waals surface area (Å²) in [5.41, 5.74) is -0.982. The van der Waals surface area contributed by atoms with Crippen molar-refractivity contribution in [1.29, 1.82) is 0 Å². The maximum Gasteiger partial charge on any atom is 0.417 e. The zero-order chi connectivity index (χ0) is 17.5. The molecule has 0 aliphatic carbocycles. The molecule has 0 aliphatic rings. The molecule has 1 rings (SSSR count). The smallest absolute Gasteiger partial charge is 0.207 e. The van der Waals surface area contributed by atoms with Crippen molar-refractivity contribution in [2.24, 2.45) is 0 Å². The van der Waals surface area contributed by atoms with E-state index in [4.69, 9.17) is 0 Å². The van der Waals surface area contributed by atoms with E-state index < -0.39 is 32.2 Å². The summed E-state index contributed by atoms with van der Waals surface area (Å²) < 4.78 is 66.8. The number of nitrogens with one attached hydrogen (secondary N) is 1. The highest BCUT2D eigenvalue weighted by atomic mass is 32.2. The molecule has 0 aromatic heterocycles. The molecule has 1 N–H and O–H groups in total. The molecule has 7 heteroatoms. The van der Waals surface area contributed by atoms with Crippen LogP contribution in [0.5, 0.6) is 0 Å². The van der Waals surface area contributed by atoms with Crippen LogP contribution in [0.4, 0.5) is 13.2 Å². The summed E-state index contributed by atoms with van der Waals surface area (Å²) in [6.07, 6.45) is -4.74. The van der Waals surface area contributed by atoms with E-state index in [0.717, 1.165) is 12.1 Å². The first-order valence-electron chi connectivity index (χ1n) is 6.91. The fourth-order valence-electron chi connectivity index (χ4n) is 2.22. The lowest BCUT2D eigenvalue weighted by Crippen LogP contribution is -2.41. The van der Waals surface area contributed by atoms with E-state index in [2.05, 4.69) is 4.72 Å². The molecule has 126 valence electrons. The van der Waals surface area contributed by atoms with Gasteiger partial charge in [0.2, 0.25) is 10.0 Å². The third-order valence-electron chi connectivity index (χ3n) is 3.03. The largest absolute Gasteiger partial charge is 0.417 e. The Balaban J connectivity index is 3.64. The zero-order valence-corrected chi connectivity index (χ0v) is 14.4. The van der Waals surface area contributed by atoms with Crippen LogP contribution in [-0.2, 0) is 16.2 Å². The van der Waals surface area contributed by atoms with Crippen molar-refractivity contribution in [3.8, 4) is 0 Å². The number of alkyl halides is 3. The van der Waals surface area contributed by atoms with Crippen molar-refractivity contribution >= 4 is 10.0 Å². The number of sulfonamides is 1. The molecule has 0 bridgehead atoms. The van der Waals surface area contributed by atoms with Crippen LogP contribution in [0.3, 0.4) is 0 Å². The fourth-order valence-corrected chi connectivity index (χ4v) is 3.93. The second kappa shape index (κ2) is 5.85. The number of rotatable bonds is 3. The number of benzene rings is 1. The van der Waals surface area contributed by atoms with Gasteiger partial charge in [-0.2, -0.15) is 13.2 Å². The average molecular weight is 337 g/mol. The summed E-state index contributed by atoms with van der Waals surface area (Å²) in [5, 5.41) is 0. The van der Waals surface area contributed by atoms with E-state index in [1.807, 2.05) is 0 Å². The van der Waals surface area contributed by atoms with Gasteiger partial charge < -0.3 is 0 Å².